The minimum Gasteiger partial charge on any atom is -0.507 e. The van der Waals surface area contributed by atoms with E-state index in [4.69, 9.17) is 18.9 Å². The predicted octanol–water partition coefficient (Wildman–Crippen LogP) is 6.22. The van der Waals surface area contributed by atoms with E-state index in [0.717, 1.165) is 24.8 Å². The fraction of sp³-hybridized carbons (Fsp3) is 0.312. The number of hydrogen-bond acceptors (Lipinski definition) is 7. The number of anilines is 1. The largest absolute Gasteiger partial charge is 0.507 e. The highest BCUT2D eigenvalue weighted by Gasteiger charge is 2.47. The summed E-state index contributed by atoms with van der Waals surface area (Å²) in [6.07, 6.45) is 3.14. The summed E-state index contributed by atoms with van der Waals surface area (Å²) in [4.78, 5) is 28.5. The molecule has 0 bridgehead atoms. The smallest absolute Gasteiger partial charge is 0.300 e. The lowest BCUT2D eigenvalue weighted by Crippen LogP contribution is -2.29. The molecule has 1 atom stereocenters. The average Bonchev–Trinajstić information content (AvgIpc) is 3.24. The zero-order chi connectivity index (χ0) is 28.8. The number of carbonyl (C=O) groups is 2. The number of benzene rings is 3. The maximum absolute atomic E-state index is 13.6. The number of aryl methyl sites for hydroxylation is 1. The number of unbranched alkanes of at least 4 members (excludes halogenated alkanes) is 2. The fourth-order valence-electron chi connectivity index (χ4n) is 4.86. The van der Waals surface area contributed by atoms with Gasteiger partial charge < -0.3 is 24.1 Å². The van der Waals surface area contributed by atoms with Crippen LogP contribution in [0.4, 0.5) is 5.69 Å². The second-order valence-electron chi connectivity index (χ2n) is 9.55. The molecule has 8 heteroatoms. The number of aliphatic hydroxyl groups is 1. The molecule has 0 spiro atoms. The van der Waals surface area contributed by atoms with Crippen LogP contribution >= 0.6 is 0 Å². The summed E-state index contributed by atoms with van der Waals surface area (Å²) >= 11 is 0. The lowest BCUT2D eigenvalue weighted by molar-refractivity contribution is -0.132. The first-order valence-electron chi connectivity index (χ1n) is 13.2. The molecule has 0 aromatic heterocycles. The number of ether oxygens (including phenoxy) is 4. The van der Waals surface area contributed by atoms with E-state index in [0.29, 0.717) is 46.4 Å². The quantitative estimate of drug-likeness (QED) is 0.132. The van der Waals surface area contributed by atoms with Crippen LogP contribution in [0.5, 0.6) is 23.0 Å². The average molecular weight is 546 g/mol. The van der Waals surface area contributed by atoms with Gasteiger partial charge in [-0.15, -0.1) is 0 Å². The van der Waals surface area contributed by atoms with Gasteiger partial charge in [0.05, 0.1) is 39.6 Å². The molecule has 8 nitrogen and oxygen atoms in total. The third-order valence-corrected chi connectivity index (χ3v) is 6.87. The van der Waals surface area contributed by atoms with Gasteiger partial charge in [0.25, 0.3) is 11.7 Å². The molecule has 3 aromatic rings. The van der Waals surface area contributed by atoms with Crippen molar-refractivity contribution >= 4 is 23.1 Å². The monoisotopic (exact) mass is 545 g/mol. The van der Waals surface area contributed by atoms with Crippen molar-refractivity contribution in [3.05, 3.63) is 82.9 Å². The van der Waals surface area contributed by atoms with Gasteiger partial charge in [-0.3, -0.25) is 14.5 Å². The number of aliphatic hydroxyl groups excluding tert-OH is 1. The summed E-state index contributed by atoms with van der Waals surface area (Å²) in [6.45, 7) is 4.63. The van der Waals surface area contributed by atoms with E-state index in [1.807, 2.05) is 25.1 Å². The highest BCUT2D eigenvalue weighted by molar-refractivity contribution is 6.51. The van der Waals surface area contributed by atoms with E-state index in [2.05, 4.69) is 6.92 Å². The molecule has 1 saturated heterocycles. The second-order valence-corrected chi connectivity index (χ2v) is 9.55. The number of ketones is 1. The van der Waals surface area contributed by atoms with Crippen molar-refractivity contribution in [2.75, 3.05) is 32.8 Å². The normalized spacial score (nSPS) is 16.2. The number of methoxy groups -OCH3 is 3. The first-order chi connectivity index (χ1) is 19.3. The molecule has 1 heterocycles. The van der Waals surface area contributed by atoms with Crippen LogP contribution in [0.2, 0.25) is 0 Å². The Kier molecular flexibility index (Phi) is 8.99. The third-order valence-electron chi connectivity index (χ3n) is 6.87. The van der Waals surface area contributed by atoms with Crippen LogP contribution in [0, 0.1) is 6.92 Å². The number of carbonyl (C=O) groups excluding carboxylic acids is 2. The molecule has 3 aromatic carbocycles. The Morgan fingerprint density at radius 3 is 2.15 bits per heavy atom. The summed E-state index contributed by atoms with van der Waals surface area (Å²) in [5.74, 6) is -0.0819. The molecule has 1 N–H and O–H groups in total. The highest BCUT2D eigenvalue weighted by Crippen LogP contribution is 2.47. The topological polar surface area (TPSA) is 94.5 Å². The molecular formula is C32H35NO7. The molecule has 0 saturated carbocycles. The van der Waals surface area contributed by atoms with Gasteiger partial charge in [-0.1, -0.05) is 31.9 Å². The van der Waals surface area contributed by atoms with Gasteiger partial charge >= 0.3 is 0 Å². The van der Waals surface area contributed by atoms with Crippen LogP contribution < -0.4 is 23.8 Å². The summed E-state index contributed by atoms with van der Waals surface area (Å²) in [7, 11) is 4.48. The second kappa shape index (κ2) is 12.6. The van der Waals surface area contributed by atoms with Gasteiger partial charge in [-0.25, -0.2) is 0 Å². The van der Waals surface area contributed by atoms with Crippen LogP contribution in [0.1, 0.15) is 48.9 Å². The Balaban J connectivity index is 1.86. The molecule has 4 rings (SSSR count). The van der Waals surface area contributed by atoms with Crippen molar-refractivity contribution in [1.82, 2.24) is 0 Å². The van der Waals surface area contributed by atoms with Gasteiger partial charge in [-0.2, -0.15) is 0 Å². The van der Waals surface area contributed by atoms with Gasteiger partial charge in [0, 0.05) is 11.3 Å². The Bertz CT molecular complexity index is 1390. The van der Waals surface area contributed by atoms with Crippen LogP contribution in [0.15, 0.2) is 66.2 Å². The predicted molar refractivity (Wildman–Crippen MR) is 154 cm³/mol. The molecule has 40 heavy (non-hydrogen) atoms. The SMILES string of the molecule is CCCCCOc1ccc(/C(O)=C2\C(=O)C(=O)N(c3cccc(C)c3)C2c2cc(OC)c(OC)c(OC)c2)cc1. The standard InChI is InChI=1S/C32H35NO7/c1-6-7-8-16-40-24-14-12-21(13-15-24)29(34)27-28(22-18-25(37-3)31(39-5)26(19-22)38-4)33(32(36)30(27)35)23-11-9-10-20(2)17-23/h9-15,17-19,28,34H,6-8,16H2,1-5H3/b29-27+. The molecule has 1 aliphatic rings. The highest BCUT2D eigenvalue weighted by atomic mass is 16.5. The van der Waals surface area contributed by atoms with Crippen LogP contribution in [0.3, 0.4) is 0 Å². The molecule has 0 aliphatic carbocycles. The lowest BCUT2D eigenvalue weighted by atomic mass is 9.94. The number of nitrogens with zero attached hydrogens (tertiary/aromatic N) is 1. The lowest BCUT2D eigenvalue weighted by Gasteiger charge is -2.27. The minimum absolute atomic E-state index is 0.0441. The minimum atomic E-state index is -0.958. The van der Waals surface area contributed by atoms with Gasteiger partial charge in [0.2, 0.25) is 5.75 Å². The van der Waals surface area contributed by atoms with Crippen LogP contribution in [0.25, 0.3) is 5.76 Å². The molecular weight excluding hydrogens is 510 g/mol. The van der Waals surface area contributed by atoms with Crippen molar-refractivity contribution in [2.45, 2.75) is 39.2 Å². The van der Waals surface area contributed by atoms with Crippen LogP contribution in [-0.4, -0.2) is 44.7 Å². The number of amides is 1. The van der Waals surface area contributed by atoms with Crippen molar-refractivity contribution in [2.24, 2.45) is 0 Å². The van der Waals surface area contributed by atoms with Crippen molar-refractivity contribution < 1.29 is 33.6 Å². The summed E-state index contributed by atoms with van der Waals surface area (Å²) < 4.78 is 22.4. The van der Waals surface area contributed by atoms with E-state index in [-0.39, 0.29) is 11.3 Å². The van der Waals surface area contributed by atoms with Crippen molar-refractivity contribution in [3.8, 4) is 23.0 Å². The Morgan fingerprint density at radius 1 is 0.900 bits per heavy atom. The van der Waals surface area contributed by atoms with Gasteiger partial charge in [-0.05, 0) is 73.0 Å². The Labute approximate surface area is 234 Å². The molecule has 1 amide bonds. The van der Waals surface area contributed by atoms with Gasteiger partial charge in [0.15, 0.2) is 11.5 Å². The molecule has 1 unspecified atom stereocenters. The van der Waals surface area contributed by atoms with Crippen molar-refractivity contribution in [1.29, 1.82) is 0 Å². The zero-order valence-corrected chi connectivity index (χ0v) is 23.5. The van der Waals surface area contributed by atoms with E-state index >= 15 is 0 Å². The summed E-state index contributed by atoms with van der Waals surface area (Å²) in [6, 6.07) is 16.5. The summed E-state index contributed by atoms with van der Waals surface area (Å²) in [5, 5.41) is 11.5. The zero-order valence-electron chi connectivity index (χ0n) is 23.5. The van der Waals surface area contributed by atoms with E-state index in [1.54, 1.807) is 42.5 Å². The van der Waals surface area contributed by atoms with E-state index < -0.39 is 17.7 Å². The van der Waals surface area contributed by atoms with Crippen LogP contribution in [-0.2, 0) is 9.59 Å². The molecule has 210 valence electrons. The molecule has 0 radical (unpaired) electrons. The Morgan fingerprint density at radius 2 is 1.57 bits per heavy atom. The maximum atomic E-state index is 13.6. The molecule has 1 fully saturated rings. The first-order valence-corrected chi connectivity index (χ1v) is 13.2. The first kappa shape index (κ1) is 28.5. The van der Waals surface area contributed by atoms with Crippen molar-refractivity contribution in [3.63, 3.8) is 0 Å². The maximum Gasteiger partial charge on any atom is 0.300 e. The fourth-order valence-corrected chi connectivity index (χ4v) is 4.86. The number of Topliss-reactive ketones (excluding diaryl/α,β-unsaturated/α-hetero) is 1. The number of rotatable bonds is 11. The summed E-state index contributed by atoms with van der Waals surface area (Å²) in [5.41, 5.74) is 2.29. The van der Waals surface area contributed by atoms with E-state index in [1.165, 1.54) is 26.2 Å². The van der Waals surface area contributed by atoms with E-state index in [9.17, 15) is 14.7 Å². The molecule has 1 aliphatic heterocycles. The Hall–Kier alpha value is -4.46. The third kappa shape index (κ3) is 5.61. The van der Waals surface area contributed by atoms with Gasteiger partial charge in [0.1, 0.15) is 11.5 Å². The number of hydrogen-bond donors (Lipinski definition) is 1.